The van der Waals surface area contributed by atoms with Crippen molar-refractivity contribution in [3.05, 3.63) is 102 Å². The number of phenols is 1. The SMILES string of the molecule is Oc1cccc2c(C3(O)c4ccc5c(ccc6ccccc65)c4C(O)CC3O)cccc12. The van der Waals surface area contributed by atoms with Crippen molar-refractivity contribution in [2.45, 2.75) is 24.2 Å². The largest absolute Gasteiger partial charge is 0.507 e. The number of hydrogen-bond acceptors (Lipinski definition) is 4. The van der Waals surface area contributed by atoms with Gasteiger partial charge in [0.1, 0.15) is 11.4 Å². The number of rotatable bonds is 1. The molecule has 0 radical (unpaired) electrons. The van der Waals surface area contributed by atoms with Gasteiger partial charge < -0.3 is 20.4 Å². The minimum atomic E-state index is -1.73. The molecule has 0 saturated heterocycles. The van der Waals surface area contributed by atoms with Gasteiger partial charge >= 0.3 is 0 Å². The van der Waals surface area contributed by atoms with Crippen molar-refractivity contribution in [1.29, 1.82) is 0 Å². The van der Waals surface area contributed by atoms with Crippen LogP contribution in [0.15, 0.2) is 84.9 Å². The fraction of sp³-hybridized carbons (Fsp3) is 0.143. The summed E-state index contributed by atoms with van der Waals surface area (Å²) in [7, 11) is 0. The molecule has 5 aromatic rings. The van der Waals surface area contributed by atoms with Gasteiger partial charge in [0.2, 0.25) is 0 Å². The molecule has 0 amide bonds. The number of benzene rings is 5. The maximum atomic E-state index is 12.1. The Bertz CT molecular complexity index is 1520. The van der Waals surface area contributed by atoms with Crippen LogP contribution in [0, 0.1) is 0 Å². The van der Waals surface area contributed by atoms with Gasteiger partial charge in [0.25, 0.3) is 0 Å². The molecule has 4 N–H and O–H groups in total. The molecule has 0 fully saturated rings. The summed E-state index contributed by atoms with van der Waals surface area (Å²) in [6.07, 6.45) is -2.12. The molecule has 4 nitrogen and oxygen atoms in total. The molecule has 0 bridgehead atoms. The van der Waals surface area contributed by atoms with Gasteiger partial charge in [0.15, 0.2) is 0 Å². The highest BCUT2D eigenvalue weighted by molar-refractivity contribution is 6.09. The first-order valence-electron chi connectivity index (χ1n) is 10.7. The lowest BCUT2D eigenvalue weighted by Gasteiger charge is -2.42. The number of hydrogen-bond donors (Lipinski definition) is 4. The fourth-order valence-electron chi connectivity index (χ4n) is 5.43. The minimum absolute atomic E-state index is 0.00461. The summed E-state index contributed by atoms with van der Waals surface area (Å²) >= 11 is 0. The van der Waals surface area contributed by atoms with Gasteiger partial charge in [-0.3, -0.25) is 0 Å². The summed E-state index contributed by atoms with van der Waals surface area (Å²) in [5.41, 5.74) is -0.103. The van der Waals surface area contributed by atoms with Crippen molar-refractivity contribution < 1.29 is 20.4 Å². The summed E-state index contributed by atoms with van der Waals surface area (Å²) < 4.78 is 0. The molecule has 158 valence electrons. The van der Waals surface area contributed by atoms with Gasteiger partial charge in [-0.15, -0.1) is 0 Å². The summed E-state index contributed by atoms with van der Waals surface area (Å²) in [4.78, 5) is 0. The maximum absolute atomic E-state index is 12.1. The molecule has 3 unspecified atom stereocenters. The molecule has 4 heteroatoms. The molecular formula is C28H22O4. The first-order chi connectivity index (χ1) is 15.5. The Kier molecular flexibility index (Phi) is 4.08. The lowest BCUT2D eigenvalue weighted by molar-refractivity contribution is -0.0824. The second kappa shape index (κ2) is 6.78. The number of phenolic OH excluding ortho intramolecular Hbond substituents is 1. The van der Waals surface area contributed by atoms with Crippen molar-refractivity contribution in [2.75, 3.05) is 0 Å². The first kappa shape index (κ1) is 19.3. The van der Waals surface area contributed by atoms with E-state index in [1.54, 1.807) is 30.3 Å². The van der Waals surface area contributed by atoms with Crippen LogP contribution in [-0.4, -0.2) is 26.5 Å². The van der Waals surface area contributed by atoms with Gasteiger partial charge in [0, 0.05) is 11.8 Å². The third-order valence-corrected chi connectivity index (χ3v) is 6.95. The summed E-state index contributed by atoms with van der Waals surface area (Å²) in [5, 5.41) is 49.9. The lowest BCUT2D eigenvalue weighted by Crippen LogP contribution is -2.46. The monoisotopic (exact) mass is 422 g/mol. The van der Waals surface area contributed by atoms with E-state index in [1.807, 2.05) is 54.6 Å². The highest BCUT2D eigenvalue weighted by Gasteiger charge is 2.47. The molecule has 5 aromatic carbocycles. The van der Waals surface area contributed by atoms with E-state index in [4.69, 9.17) is 0 Å². The Morgan fingerprint density at radius 2 is 1.34 bits per heavy atom. The van der Waals surface area contributed by atoms with E-state index < -0.39 is 17.8 Å². The molecule has 0 spiro atoms. The second-order valence-electron chi connectivity index (χ2n) is 8.62. The van der Waals surface area contributed by atoms with Crippen molar-refractivity contribution in [2.24, 2.45) is 0 Å². The zero-order valence-corrected chi connectivity index (χ0v) is 17.2. The summed E-state index contributed by atoms with van der Waals surface area (Å²) in [6.45, 7) is 0. The molecular weight excluding hydrogens is 400 g/mol. The Balaban J connectivity index is 1.70. The number of aromatic hydroxyl groups is 1. The Morgan fingerprint density at radius 3 is 2.22 bits per heavy atom. The maximum Gasteiger partial charge on any atom is 0.141 e. The smallest absolute Gasteiger partial charge is 0.141 e. The van der Waals surface area contributed by atoms with E-state index in [9.17, 15) is 20.4 Å². The van der Waals surface area contributed by atoms with E-state index in [2.05, 4.69) is 0 Å². The molecule has 32 heavy (non-hydrogen) atoms. The van der Waals surface area contributed by atoms with Crippen molar-refractivity contribution in [3.63, 3.8) is 0 Å². The molecule has 1 aliphatic carbocycles. The van der Waals surface area contributed by atoms with Gasteiger partial charge in [-0.2, -0.15) is 0 Å². The van der Waals surface area contributed by atoms with Crippen LogP contribution >= 0.6 is 0 Å². The van der Waals surface area contributed by atoms with Gasteiger partial charge in [-0.1, -0.05) is 78.9 Å². The van der Waals surface area contributed by atoms with Crippen LogP contribution in [0.25, 0.3) is 32.3 Å². The molecule has 6 rings (SSSR count). The van der Waals surface area contributed by atoms with Crippen LogP contribution in [0.1, 0.15) is 29.2 Å². The van der Waals surface area contributed by atoms with Crippen LogP contribution < -0.4 is 0 Å². The normalized spacial score (nSPS) is 23.0. The average Bonchev–Trinajstić information content (AvgIpc) is 2.81. The highest BCUT2D eigenvalue weighted by atomic mass is 16.3. The quantitative estimate of drug-likeness (QED) is 0.290. The van der Waals surface area contributed by atoms with Crippen LogP contribution in [0.2, 0.25) is 0 Å². The standard InChI is InChI=1S/C28H22O4/c29-24-10-4-7-19-20(24)8-3-9-22(19)28(32)23-14-13-18-17-6-2-1-5-16(17)11-12-21(18)27(23)25(30)15-26(28)31/h1-14,25-26,29-32H,15H2. The molecule has 1 aliphatic rings. The van der Waals surface area contributed by atoms with Crippen molar-refractivity contribution in [3.8, 4) is 5.75 Å². The molecule has 0 saturated carbocycles. The van der Waals surface area contributed by atoms with E-state index in [0.717, 1.165) is 21.5 Å². The van der Waals surface area contributed by atoms with E-state index >= 15 is 0 Å². The molecule has 0 aromatic heterocycles. The van der Waals surface area contributed by atoms with Crippen molar-refractivity contribution >= 4 is 32.3 Å². The highest BCUT2D eigenvalue weighted by Crippen LogP contribution is 2.49. The predicted molar refractivity (Wildman–Crippen MR) is 126 cm³/mol. The van der Waals surface area contributed by atoms with Crippen LogP contribution in [0.5, 0.6) is 5.75 Å². The zero-order chi connectivity index (χ0) is 22.0. The molecule has 0 heterocycles. The van der Waals surface area contributed by atoms with E-state index in [0.29, 0.717) is 27.5 Å². The third-order valence-electron chi connectivity index (χ3n) is 6.95. The fourth-order valence-corrected chi connectivity index (χ4v) is 5.43. The number of aliphatic hydroxyl groups excluding tert-OH is 2. The number of fused-ring (bicyclic) bond motifs is 6. The summed E-state index contributed by atoms with van der Waals surface area (Å²) in [6, 6.07) is 26.3. The molecule has 0 aliphatic heterocycles. The Morgan fingerprint density at radius 1 is 0.625 bits per heavy atom. The zero-order valence-electron chi connectivity index (χ0n) is 17.2. The third kappa shape index (κ3) is 2.49. The Hall–Kier alpha value is -3.44. The van der Waals surface area contributed by atoms with E-state index in [-0.39, 0.29) is 12.2 Å². The van der Waals surface area contributed by atoms with Crippen molar-refractivity contribution in [1.82, 2.24) is 0 Å². The predicted octanol–water partition coefficient (Wildman–Crippen LogP) is 4.89. The Labute approximate surface area is 184 Å². The van der Waals surface area contributed by atoms with Gasteiger partial charge in [-0.05, 0) is 49.7 Å². The van der Waals surface area contributed by atoms with Gasteiger partial charge in [0.05, 0.1) is 12.2 Å². The first-order valence-corrected chi connectivity index (χ1v) is 10.7. The van der Waals surface area contributed by atoms with E-state index in [1.165, 1.54) is 0 Å². The summed E-state index contributed by atoms with van der Waals surface area (Å²) in [5.74, 6) is 0.114. The second-order valence-corrected chi connectivity index (χ2v) is 8.62. The topological polar surface area (TPSA) is 80.9 Å². The van der Waals surface area contributed by atoms with Crippen LogP contribution in [-0.2, 0) is 5.60 Å². The van der Waals surface area contributed by atoms with Gasteiger partial charge in [-0.25, -0.2) is 0 Å². The minimum Gasteiger partial charge on any atom is -0.507 e. The number of aliphatic hydroxyl groups is 3. The van der Waals surface area contributed by atoms with Crippen LogP contribution in [0.3, 0.4) is 0 Å². The average molecular weight is 422 g/mol. The lowest BCUT2D eigenvalue weighted by atomic mass is 9.69. The molecule has 3 atom stereocenters. The van der Waals surface area contributed by atoms with Crippen LogP contribution in [0.4, 0.5) is 0 Å².